The minimum atomic E-state index is 0.642. The van der Waals surface area contributed by atoms with Gasteiger partial charge in [-0.25, -0.2) is 0 Å². The first-order chi connectivity index (χ1) is 7.65. The maximum atomic E-state index is 6.05. The van der Waals surface area contributed by atoms with Gasteiger partial charge in [0, 0.05) is 16.4 Å². The molecule has 16 heavy (non-hydrogen) atoms. The molecule has 1 aromatic heterocycles. The second-order valence-electron chi connectivity index (χ2n) is 3.18. The molecule has 0 amide bonds. The van der Waals surface area contributed by atoms with Crippen LogP contribution < -0.4 is 5.32 Å². The maximum Gasteiger partial charge on any atom is 0.0702 e. The second kappa shape index (κ2) is 5.41. The van der Waals surface area contributed by atoms with Crippen LogP contribution in [0.1, 0.15) is 4.88 Å². The SMILES string of the molecule is Clc1ccc(NCc2ccc(Br)s2)c(Cl)c1. The summed E-state index contributed by atoms with van der Waals surface area (Å²) in [4.78, 5) is 1.25. The summed E-state index contributed by atoms with van der Waals surface area (Å²) < 4.78 is 1.13. The molecular formula is C11H8BrCl2NS. The van der Waals surface area contributed by atoms with Gasteiger partial charge in [-0.15, -0.1) is 11.3 Å². The highest BCUT2D eigenvalue weighted by atomic mass is 79.9. The molecule has 0 aliphatic carbocycles. The Kier molecular flexibility index (Phi) is 4.14. The van der Waals surface area contributed by atoms with E-state index in [0.29, 0.717) is 10.0 Å². The van der Waals surface area contributed by atoms with Crippen molar-refractivity contribution in [2.24, 2.45) is 0 Å². The van der Waals surface area contributed by atoms with E-state index in [-0.39, 0.29) is 0 Å². The molecule has 1 nitrogen and oxygen atoms in total. The lowest BCUT2D eigenvalue weighted by molar-refractivity contribution is 1.19. The minimum Gasteiger partial charge on any atom is -0.379 e. The van der Waals surface area contributed by atoms with Gasteiger partial charge in [-0.3, -0.25) is 0 Å². The number of rotatable bonds is 3. The lowest BCUT2D eigenvalue weighted by atomic mass is 10.3. The lowest BCUT2D eigenvalue weighted by Gasteiger charge is -2.07. The number of hydrogen-bond donors (Lipinski definition) is 1. The molecule has 0 fully saturated rings. The topological polar surface area (TPSA) is 12.0 Å². The molecular weight excluding hydrogens is 329 g/mol. The van der Waals surface area contributed by atoms with E-state index in [4.69, 9.17) is 23.2 Å². The van der Waals surface area contributed by atoms with Crippen molar-refractivity contribution in [1.29, 1.82) is 0 Å². The van der Waals surface area contributed by atoms with E-state index in [2.05, 4.69) is 27.3 Å². The maximum absolute atomic E-state index is 6.05. The Balaban J connectivity index is 2.04. The predicted octanol–water partition coefficient (Wildman–Crippen LogP) is 5.43. The molecule has 1 N–H and O–H groups in total. The molecule has 84 valence electrons. The fourth-order valence-electron chi connectivity index (χ4n) is 1.26. The number of nitrogens with one attached hydrogen (secondary N) is 1. The van der Waals surface area contributed by atoms with Crippen LogP contribution in [0.2, 0.25) is 10.0 Å². The van der Waals surface area contributed by atoms with Gasteiger partial charge in [0.15, 0.2) is 0 Å². The summed E-state index contributed by atoms with van der Waals surface area (Å²) in [5.41, 5.74) is 0.899. The zero-order valence-corrected chi connectivity index (χ0v) is 12.1. The van der Waals surface area contributed by atoms with Gasteiger partial charge >= 0.3 is 0 Å². The van der Waals surface area contributed by atoms with E-state index in [1.54, 1.807) is 17.4 Å². The van der Waals surface area contributed by atoms with E-state index in [9.17, 15) is 0 Å². The van der Waals surface area contributed by atoms with Gasteiger partial charge in [0.25, 0.3) is 0 Å². The Morgan fingerprint density at radius 3 is 2.62 bits per heavy atom. The van der Waals surface area contributed by atoms with E-state index in [0.717, 1.165) is 16.0 Å². The third-order valence-electron chi connectivity index (χ3n) is 2.01. The van der Waals surface area contributed by atoms with Crippen LogP contribution in [0.25, 0.3) is 0 Å². The average Bonchev–Trinajstić information content (AvgIpc) is 2.63. The number of benzene rings is 1. The van der Waals surface area contributed by atoms with Gasteiger partial charge in [-0.1, -0.05) is 23.2 Å². The van der Waals surface area contributed by atoms with Crippen LogP contribution in [0.5, 0.6) is 0 Å². The van der Waals surface area contributed by atoms with Crippen LogP contribution in [0.3, 0.4) is 0 Å². The van der Waals surface area contributed by atoms with Gasteiger partial charge in [0.1, 0.15) is 0 Å². The summed E-state index contributed by atoms with van der Waals surface area (Å²) in [6.07, 6.45) is 0. The summed E-state index contributed by atoms with van der Waals surface area (Å²) in [7, 11) is 0. The molecule has 0 radical (unpaired) electrons. The van der Waals surface area contributed by atoms with Crippen LogP contribution in [-0.2, 0) is 6.54 Å². The highest BCUT2D eigenvalue weighted by molar-refractivity contribution is 9.11. The summed E-state index contributed by atoms with van der Waals surface area (Å²) in [6.45, 7) is 0.762. The normalized spacial score (nSPS) is 10.4. The summed E-state index contributed by atoms with van der Waals surface area (Å²) >= 11 is 17.0. The first-order valence-corrected chi connectivity index (χ1v) is 6.95. The molecule has 0 spiro atoms. The number of hydrogen-bond acceptors (Lipinski definition) is 2. The minimum absolute atomic E-state index is 0.642. The van der Waals surface area contributed by atoms with E-state index < -0.39 is 0 Å². The van der Waals surface area contributed by atoms with Crippen molar-refractivity contribution >= 4 is 56.2 Å². The van der Waals surface area contributed by atoms with Crippen molar-refractivity contribution in [2.45, 2.75) is 6.54 Å². The first-order valence-electron chi connectivity index (χ1n) is 4.58. The van der Waals surface area contributed by atoms with Crippen molar-refractivity contribution in [2.75, 3.05) is 5.32 Å². The average molecular weight is 337 g/mol. The van der Waals surface area contributed by atoms with Gasteiger partial charge in [0.05, 0.1) is 14.5 Å². The Labute approximate surface area is 117 Å². The van der Waals surface area contributed by atoms with Gasteiger partial charge < -0.3 is 5.32 Å². The van der Waals surface area contributed by atoms with Gasteiger partial charge in [0.2, 0.25) is 0 Å². The Morgan fingerprint density at radius 2 is 2.00 bits per heavy atom. The zero-order valence-electron chi connectivity index (χ0n) is 8.14. The molecule has 0 unspecified atom stereocenters. The predicted molar refractivity (Wildman–Crippen MR) is 75.8 cm³/mol. The molecule has 2 aromatic rings. The Bertz CT molecular complexity index is 498. The van der Waals surface area contributed by atoms with Gasteiger partial charge in [-0.05, 0) is 46.3 Å². The molecule has 0 aliphatic rings. The highest BCUT2D eigenvalue weighted by Gasteiger charge is 2.02. The van der Waals surface area contributed by atoms with Crippen molar-refractivity contribution in [3.8, 4) is 0 Å². The number of halogens is 3. The third kappa shape index (κ3) is 3.14. The molecule has 0 atom stereocenters. The van der Waals surface area contributed by atoms with Crippen molar-refractivity contribution < 1.29 is 0 Å². The van der Waals surface area contributed by atoms with Crippen LogP contribution >= 0.6 is 50.5 Å². The highest BCUT2D eigenvalue weighted by Crippen LogP contribution is 2.27. The van der Waals surface area contributed by atoms with E-state index in [1.165, 1.54) is 4.88 Å². The second-order valence-corrected chi connectivity index (χ2v) is 6.57. The van der Waals surface area contributed by atoms with Crippen LogP contribution in [0.4, 0.5) is 5.69 Å². The third-order valence-corrected chi connectivity index (χ3v) is 4.18. The fraction of sp³-hybridized carbons (Fsp3) is 0.0909. The fourth-order valence-corrected chi connectivity index (χ4v) is 3.16. The largest absolute Gasteiger partial charge is 0.379 e. The van der Waals surface area contributed by atoms with E-state index in [1.807, 2.05) is 18.2 Å². The van der Waals surface area contributed by atoms with Crippen LogP contribution in [0.15, 0.2) is 34.1 Å². The molecule has 1 heterocycles. The molecule has 1 aromatic carbocycles. The lowest BCUT2D eigenvalue weighted by Crippen LogP contribution is -1.97. The molecule has 2 rings (SSSR count). The molecule has 0 saturated carbocycles. The van der Waals surface area contributed by atoms with Crippen molar-refractivity contribution in [3.05, 3.63) is 49.0 Å². The molecule has 0 aliphatic heterocycles. The van der Waals surface area contributed by atoms with Crippen molar-refractivity contribution in [1.82, 2.24) is 0 Å². The molecule has 5 heteroatoms. The standard InChI is InChI=1S/C11H8BrCl2NS/c12-11-4-2-8(16-11)6-15-10-3-1-7(13)5-9(10)14/h1-5,15H,6H2. The monoisotopic (exact) mass is 335 g/mol. The van der Waals surface area contributed by atoms with Crippen LogP contribution in [0, 0.1) is 0 Å². The summed E-state index contributed by atoms with van der Waals surface area (Å²) in [5, 5.41) is 4.56. The summed E-state index contributed by atoms with van der Waals surface area (Å²) in [6, 6.07) is 9.54. The number of anilines is 1. The van der Waals surface area contributed by atoms with Gasteiger partial charge in [-0.2, -0.15) is 0 Å². The Morgan fingerprint density at radius 1 is 1.19 bits per heavy atom. The smallest absolute Gasteiger partial charge is 0.0702 e. The number of thiophene rings is 1. The Hall–Kier alpha value is -0.220. The zero-order chi connectivity index (χ0) is 11.5. The summed E-state index contributed by atoms with van der Waals surface area (Å²) in [5.74, 6) is 0. The quantitative estimate of drug-likeness (QED) is 0.788. The molecule has 0 bridgehead atoms. The van der Waals surface area contributed by atoms with Crippen LogP contribution in [-0.4, -0.2) is 0 Å². The molecule has 0 saturated heterocycles. The first kappa shape index (κ1) is 12.2. The van der Waals surface area contributed by atoms with Crippen molar-refractivity contribution in [3.63, 3.8) is 0 Å². The van der Waals surface area contributed by atoms with E-state index >= 15 is 0 Å².